The highest BCUT2D eigenvalue weighted by molar-refractivity contribution is 7.10. The molecule has 44 heavy (non-hydrogen) atoms. The summed E-state index contributed by atoms with van der Waals surface area (Å²) in [5.74, 6) is -0.918. The lowest BCUT2D eigenvalue weighted by Crippen LogP contribution is -2.49. The van der Waals surface area contributed by atoms with Crippen LogP contribution in [0.1, 0.15) is 46.6 Å². The molecule has 3 amide bonds. The molecule has 0 aliphatic carbocycles. The second-order valence-electron chi connectivity index (χ2n) is 10.7. The number of thiophene rings is 1. The molecule has 3 aromatic rings. The van der Waals surface area contributed by atoms with Gasteiger partial charge in [0.2, 0.25) is 11.8 Å². The van der Waals surface area contributed by atoms with Crippen LogP contribution in [0.3, 0.4) is 0 Å². The van der Waals surface area contributed by atoms with Gasteiger partial charge in [-0.25, -0.2) is 4.39 Å². The first kappa shape index (κ1) is 31.1. The summed E-state index contributed by atoms with van der Waals surface area (Å²) in [5, 5.41) is 15.0. The van der Waals surface area contributed by atoms with Gasteiger partial charge < -0.3 is 35.5 Å². The van der Waals surface area contributed by atoms with E-state index in [1.165, 1.54) is 40.5 Å². The number of nitrogen functional groups attached to an aromatic ring is 1. The predicted molar refractivity (Wildman–Crippen MR) is 161 cm³/mol. The van der Waals surface area contributed by atoms with E-state index in [0.717, 1.165) is 11.3 Å². The number of carbonyl (C=O) groups is 3. The Hall–Kier alpha value is -4.33. The maximum Gasteiger partial charge on any atom is 0.251 e. The fraction of sp³-hybridized carbons (Fsp3) is 0.355. The second kappa shape index (κ2) is 14.0. The molecule has 3 heterocycles. The number of rotatable bonds is 10. The lowest BCUT2D eigenvalue weighted by Gasteiger charge is -2.28. The topological polar surface area (TPSA) is 156 Å². The van der Waals surface area contributed by atoms with Crippen LogP contribution in [0.25, 0.3) is 0 Å². The Bertz CT molecular complexity index is 1490. The van der Waals surface area contributed by atoms with Crippen molar-refractivity contribution < 1.29 is 33.0 Å². The molecule has 2 aliphatic rings. The fourth-order valence-electron chi connectivity index (χ4n) is 5.14. The number of likely N-dealkylation sites (tertiary alicyclic amines) is 1. The van der Waals surface area contributed by atoms with Crippen LogP contribution in [0.15, 0.2) is 60.0 Å². The number of halogens is 1. The van der Waals surface area contributed by atoms with Crippen LogP contribution in [0.4, 0.5) is 4.39 Å². The Morgan fingerprint density at radius 2 is 1.75 bits per heavy atom. The van der Waals surface area contributed by atoms with Crippen molar-refractivity contribution in [2.45, 2.75) is 38.1 Å². The van der Waals surface area contributed by atoms with Gasteiger partial charge in [-0.1, -0.05) is 0 Å². The maximum absolute atomic E-state index is 13.5. The Labute approximate surface area is 258 Å². The summed E-state index contributed by atoms with van der Waals surface area (Å²) < 4.78 is 30.4. The zero-order valence-electron chi connectivity index (χ0n) is 24.1. The molecule has 1 aromatic heterocycles. The summed E-state index contributed by atoms with van der Waals surface area (Å²) in [4.78, 5) is 42.0. The number of hydrogen-bond donors (Lipinski definition) is 4. The molecule has 3 atom stereocenters. The number of amidine groups is 1. The zero-order chi connectivity index (χ0) is 31.2. The van der Waals surface area contributed by atoms with Crippen LogP contribution in [0, 0.1) is 17.1 Å². The third kappa shape index (κ3) is 7.59. The predicted octanol–water partition coefficient (Wildman–Crippen LogP) is 3.55. The summed E-state index contributed by atoms with van der Waals surface area (Å²) in [7, 11) is 0. The minimum atomic E-state index is -0.781. The molecule has 5 N–H and O–H groups in total. The number of nitrogens with zero attached hydrogens (tertiary/aromatic N) is 1. The standard InChI is InChI=1S/C31H34FN5O6S/c1-18(26-14-21(17-44-26)28(33)34)36-30(40)25-13-20(31-41-11-2-12-42-31)16-37(25)27(38)15-35-29(39)19-3-7-23(8-4-19)43-24-9-5-22(32)6-10-24/h3-10,14,17-18,20,25,31H,2,11-13,15-16H2,1H3,(H3,33,34)(H,35,39)(H,36,40)/t18-,20+,25+/m1/s1. The molecule has 0 spiro atoms. The number of nitrogens with one attached hydrogen (secondary N) is 3. The quantitative estimate of drug-likeness (QED) is 0.199. The van der Waals surface area contributed by atoms with Crippen LogP contribution < -0.4 is 21.1 Å². The molecule has 0 bridgehead atoms. The van der Waals surface area contributed by atoms with E-state index in [0.29, 0.717) is 42.3 Å². The Kier molecular flexibility index (Phi) is 9.88. The van der Waals surface area contributed by atoms with Crippen molar-refractivity contribution in [3.05, 3.63) is 81.8 Å². The van der Waals surface area contributed by atoms with E-state index in [-0.39, 0.29) is 42.6 Å². The molecule has 11 nitrogen and oxygen atoms in total. The summed E-state index contributed by atoms with van der Waals surface area (Å²) in [5.41, 5.74) is 6.48. The van der Waals surface area contributed by atoms with Gasteiger partial charge in [-0.15, -0.1) is 11.3 Å². The highest BCUT2D eigenvalue weighted by Crippen LogP contribution is 2.31. The van der Waals surface area contributed by atoms with Crippen molar-refractivity contribution in [1.82, 2.24) is 15.5 Å². The number of carbonyl (C=O) groups excluding carboxylic acids is 3. The number of ether oxygens (including phenoxy) is 3. The summed E-state index contributed by atoms with van der Waals surface area (Å²) >= 11 is 1.39. The summed E-state index contributed by atoms with van der Waals surface area (Å²) in [6.45, 7) is 2.86. The molecule has 2 aliphatic heterocycles. The summed E-state index contributed by atoms with van der Waals surface area (Å²) in [6, 6.07) is 12.5. The van der Waals surface area contributed by atoms with Gasteiger partial charge in [-0.2, -0.15) is 0 Å². The van der Waals surface area contributed by atoms with E-state index in [2.05, 4.69) is 10.6 Å². The van der Waals surface area contributed by atoms with E-state index in [4.69, 9.17) is 25.4 Å². The molecule has 2 fully saturated rings. The minimum Gasteiger partial charge on any atom is -0.457 e. The van der Waals surface area contributed by atoms with Gasteiger partial charge >= 0.3 is 0 Å². The van der Waals surface area contributed by atoms with Gasteiger partial charge in [0.05, 0.1) is 25.8 Å². The van der Waals surface area contributed by atoms with Gasteiger partial charge in [0.25, 0.3) is 5.91 Å². The molecular weight excluding hydrogens is 589 g/mol. The van der Waals surface area contributed by atoms with E-state index in [9.17, 15) is 18.8 Å². The average molecular weight is 624 g/mol. The van der Waals surface area contributed by atoms with Crippen molar-refractivity contribution in [3.8, 4) is 11.5 Å². The highest BCUT2D eigenvalue weighted by Gasteiger charge is 2.44. The molecule has 0 radical (unpaired) electrons. The maximum atomic E-state index is 13.5. The molecule has 0 unspecified atom stereocenters. The average Bonchev–Trinajstić information content (AvgIpc) is 3.71. The molecule has 232 valence electrons. The first-order chi connectivity index (χ1) is 21.2. The van der Waals surface area contributed by atoms with Crippen molar-refractivity contribution in [2.75, 3.05) is 26.3 Å². The highest BCUT2D eigenvalue weighted by atomic mass is 32.1. The third-order valence-corrected chi connectivity index (χ3v) is 8.59. The van der Waals surface area contributed by atoms with Gasteiger partial charge in [-0.05, 0) is 74.4 Å². The van der Waals surface area contributed by atoms with Gasteiger partial charge in [-0.3, -0.25) is 19.8 Å². The van der Waals surface area contributed by atoms with Crippen molar-refractivity contribution >= 4 is 34.9 Å². The largest absolute Gasteiger partial charge is 0.457 e. The lowest BCUT2D eigenvalue weighted by atomic mass is 10.0. The Morgan fingerprint density at radius 3 is 2.39 bits per heavy atom. The van der Waals surface area contributed by atoms with Crippen molar-refractivity contribution in [1.29, 1.82) is 5.41 Å². The number of hydrogen-bond acceptors (Lipinski definition) is 8. The van der Waals surface area contributed by atoms with E-state index in [1.54, 1.807) is 35.7 Å². The lowest BCUT2D eigenvalue weighted by molar-refractivity contribution is -0.202. The molecule has 13 heteroatoms. The Balaban J connectivity index is 1.21. The first-order valence-corrected chi connectivity index (χ1v) is 15.1. The van der Waals surface area contributed by atoms with E-state index >= 15 is 0 Å². The van der Waals surface area contributed by atoms with Gasteiger partial charge in [0.1, 0.15) is 29.2 Å². The van der Waals surface area contributed by atoms with Crippen LogP contribution >= 0.6 is 11.3 Å². The molecule has 2 saturated heterocycles. The van der Waals surface area contributed by atoms with E-state index in [1.807, 2.05) is 6.92 Å². The van der Waals surface area contributed by atoms with Crippen LogP contribution in [-0.4, -0.2) is 67.1 Å². The molecular formula is C31H34FN5O6S. The third-order valence-electron chi connectivity index (χ3n) is 7.48. The second-order valence-corrected chi connectivity index (χ2v) is 11.6. The molecule has 0 saturated carbocycles. The first-order valence-electron chi connectivity index (χ1n) is 14.3. The van der Waals surface area contributed by atoms with Crippen LogP contribution in [-0.2, 0) is 19.1 Å². The van der Waals surface area contributed by atoms with Gasteiger partial charge in [0, 0.05) is 33.8 Å². The van der Waals surface area contributed by atoms with Crippen LogP contribution in [0.2, 0.25) is 0 Å². The smallest absolute Gasteiger partial charge is 0.251 e. The van der Waals surface area contributed by atoms with Crippen molar-refractivity contribution in [3.63, 3.8) is 0 Å². The van der Waals surface area contributed by atoms with Crippen LogP contribution in [0.5, 0.6) is 11.5 Å². The minimum absolute atomic E-state index is 0.0507. The Morgan fingerprint density at radius 1 is 1.09 bits per heavy atom. The van der Waals surface area contributed by atoms with E-state index < -0.39 is 24.1 Å². The molecule has 5 rings (SSSR count). The number of nitrogens with two attached hydrogens (primary N) is 1. The SMILES string of the molecule is C[C@@H](NC(=O)[C@@H]1C[C@H](C2OCCCO2)CN1C(=O)CNC(=O)c1ccc(Oc2ccc(F)cc2)cc1)c1cc(C(=N)N)cs1. The summed E-state index contributed by atoms with van der Waals surface area (Å²) in [6.07, 6.45) is 0.610. The number of benzene rings is 2. The monoisotopic (exact) mass is 623 g/mol. The zero-order valence-corrected chi connectivity index (χ0v) is 24.9. The molecule has 2 aromatic carbocycles. The van der Waals surface area contributed by atoms with Crippen molar-refractivity contribution in [2.24, 2.45) is 11.7 Å². The fourth-order valence-corrected chi connectivity index (χ4v) is 6.06. The normalized spacial score (nSPS) is 19.3. The number of amides is 3. The van der Waals surface area contributed by atoms with Gasteiger partial charge in [0.15, 0.2) is 6.29 Å².